The zero-order chi connectivity index (χ0) is 2.71. The number of rotatable bonds is 0. The SMILES string of the molecule is [CH2]CC.[Pt]. The molecule has 0 aliphatic heterocycles. The smallest absolute Gasteiger partial charge is 0 e. The summed E-state index contributed by atoms with van der Waals surface area (Å²) >= 11 is 0. The largest absolute Gasteiger partial charge is 0.0654 e. The predicted molar refractivity (Wildman–Crippen MR) is 15.6 cm³/mol. The van der Waals surface area contributed by atoms with Crippen molar-refractivity contribution < 1.29 is 21.1 Å². The van der Waals surface area contributed by atoms with Crippen LogP contribution < -0.4 is 0 Å². The maximum atomic E-state index is 3.49. The van der Waals surface area contributed by atoms with Gasteiger partial charge in [0, 0.05) is 21.1 Å². The van der Waals surface area contributed by atoms with Crippen molar-refractivity contribution in [1.82, 2.24) is 0 Å². The number of hydrogen-bond donors (Lipinski definition) is 0. The average molecular weight is 238 g/mol. The van der Waals surface area contributed by atoms with Crippen LogP contribution in [0.15, 0.2) is 0 Å². The molecule has 0 saturated carbocycles. The summed E-state index contributed by atoms with van der Waals surface area (Å²) in [7, 11) is 0. The van der Waals surface area contributed by atoms with Gasteiger partial charge < -0.3 is 0 Å². The maximum Gasteiger partial charge on any atom is 0 e. The summed E-state index contributed by atoms with van der Waals surface area (Å²) in [6.45, 7) is 5.50. The maximum absolute atomic E-state index is 3.49. The Morgan fingerprint density at radius 3 is 1.75 bits per heavy atom. The topological polar surface area (TPSA) is 0 Å². The second kappa shape index (κ2) is 9.35. The second-order valence-electron chi connectivity index (χ2n) is 0.500. The molecule has 0 N–H and O–H groups in total. The van der Waals surface area contributed by atoms with Crippen LogP contribution in [0, 0.1) is 6.92 Å². The van der Waals surface area contributed by atoms with Crippen molar-refractivity contribution in [3.63, 3.8) is 0 Å². The van der Waals surface area contributed by atoms with Gasteiger partial charge >= 0.3 is 0 Å². The fourth-order valence-corrected chi connectivity index (χ4v) is 0. The molecule has 0 atom stereocenters. The zero-order valence-corrected chi connectivity index (χ0v) is 5.00. The molecule has 1 heteroatoms. The molecule has 0 unspecified atom stereocenters. The van der Waals surface area contributed by atoms with Gasteiger partial charge in [-0.25, -0.2) is 0 Å². The van der Waals surface area contributed by atoms with E-state index in [1.807, 2.05) is 6.92 Å². The fourth-order valence-electron chi connectivity index (χ4n) is 0. The molecule has 0 saturated heterocycles. The van der Waals surface area contributed by atoms with Gasteiger partial charge in [-0.1, -0.05) is 20.3 Å². The molecule has 0 bridgehead atoms. The van der Waals surface area contributed by atoms with Crippen LogP contribution in [0.3, 0.4) is 0 Å². The predicted octanol–water partition coefficient (Wildman–Crippen LogP) is 1.23. The Labute approximate surface area is 41.9 Å². The Balaban J connectivity index is 0. The van der Waals surface area contributed by atoms with Gasteiger partial charge in [0.05, 0.1) is 0 Å². The monoisotopic (exact) mass is 238 g/mol. The van der Waals surface area contributed by atoms with Crippen LogP contribution in [0.5, 0.6) is 0 Å². The van der Waals surface area contributed by atoms with Crippen LogP contribution in [-0.4, -0.2) is 0 Å². The molecule has 0 fully saturated rings. The minimum absolute atomic E-state index is 0. The Morgan fingerprint density at radius 1 is 1.75 bits per heavy atom. The summed E-state index contributed by atoms with van der Waals surface area (Å²) < 4.78 is 0. The van der Waals surface area contributed by atoms with Crippen molar-refractivity contribution in [1.29, 1.82) is 0 Å². The van der Waals surface area contributed by atoms with Gasteiger partial charge in [-0.15, -0.1) is 0 Å². The standard InChI is InChI=1S/C3H7.Pt/c1-3-2;/h1,3H2,2H3;. The van der Waals surface area contributed by atoms with Gasteiger partial charge in [0.25, 0.3) is 0 Å². The third kappa shape index (κ3) is 16.2. The summed E-state index contributed by atoms with van der Waals surface area (Å²) in [5.41, 5.74) is 0. The Kier molecular flexibility index (Phi) is 20.6. The molecule has 0 aliphatic carbocycles. The fraction of sp³-hybridized carbons (Fsp3) is 0.667. The van der Waals surface area contributed by atoms with Crippen LogP contribution in [0.25, 0.3) is 0 Å². The van der Waals surface area contributed by atoms with E-state index in [9.17, 15) is 0 Å². The molecule has 0 amide bonds. The van der Waals surface area contributed by atoms with Gasteiger partial charge in [0.15, 0.2) is 0 Å². The molecule has 0 nitrogen and oxygen atoms in total. The summed E-state index contributed by atoms with van der Waals surface area (Å²) in [5.74, 6) is 0. The average Bonchev–Trinajstić information content (AvgIpc) is 0.918. The molecule has 4 heavy (non-hydrogen) atoms. The third-order valence-electron chi connectivity index (χ3n) is 0. The molecule has 0 spiro atoms. The minimum atomic E-state index is 0. The third-order valence-corrected chi connectivity index (χ3v) is 0. The van der Waals surface area contributed by atoms with Gasteiger partial charge in [-0.2, -0.15) is 0 Å². The van der Waals surface area contributed by atoms with E-state index in [1.165, 1.54) is 0 Å². The molecule has 0 heterocycles. The molecule has 0 rings (SSSR count). The normalized spacial score (nSPS) is 4.50. The van der Waals surface area contributed by atoms with Crippen LogP contribution in [0.4, 0.5) is 0 Å². The van der Waals surface area contributed by atoms with E-state index in [-0.39, 0.29) is 21.1 Å². The van der Waals surface area contributed by atoms with Gasteiger partial charge in [-0.05, 0) is 0 Å². The summed E-state index contributed by atoms with van der Waals surface area (Å²) in [5, 5.41) is 0. The van der Waals surface area contributed by atoms with E-state index in [4.69, 9.17) is 0 Å². The molecule has 0 aromatic heterocycles. The summed E-state index contributed by atoms with van der Waals surface area (Å²) in [6.07, 6.45) is 1.00. The van der Waals surface area contributed by atoms with Crippen molar-refractivity contribution in [3.8, 4) is 0 Å². The van der Waals surface area contributed by atoms with Crippen molar-refractivity contribution in [2.75, 3.05) is 0 Å². The molecular formula is C3H7Pt. The van der Waals surface area contributed by atoms with Crippen LogP contribution >= 0.6 is 0 Å². The first-order valence-corrected chi connectivity index (χ1v) is 1.21. The Morgan fingerprint density at radius 2 is 1.75 bits per heavy atom. The van der Waals surface area contributed by atoms with E-state index >= 15 is 0 Å². The van der Waals surface area contributed by atoms with Crippen LogP contribution in [-0.2, 0) is 21.1 Å². The van der Waals surface area contributed by atoms with Gasteiger partial charge in [0.2, 0.25) is 0 Å². The first-order chi connectivity index (χ1) is 1.41. The van der Waals surface area contributed by atoms with Crippen LogP contribution in [0.2, 0.25) is 0 Å². The van der Waals surface area contributed by atoms with Crippen molar-refractivity contribution >= 4 is 0 Å². The van der Waals surface area contributed by atoms with E-state index in [0.717, 1.165) is 6.42 Å². The summed E-state index contributed by atoms with van der Waals surface area (Å²) in [4.78, 5) is 0. The minimum Gasteiger partial charge on any atom is -0.0654 e. The van der Waals surface area contributed by atoms with Crippen molar-refractivity contribution in [2.45, 2.75) is 13.3 Å². The van der Waals surface area contributed by atoms with Gasteiger partial charge in [-0.3, -0.25) is 0 Å². The van der Waals surface area contributed by atoms with E-state index in [1.54, 1.807) is 0 Å². The van der Waals surface area contributed by atoms with Crippen LogP contribution in [0.1, 0.15) is 13.3 Å². The van der Waals surface area contributed by atoms with Crippen molar-refractivity contribution in [3.05, 3.63) is 6.92 Å². The second-order valence-corrected chi connectivity index (χ2v) is 0.500. The number of hydrogen-bond acceptors (Lipinski definition) is 0. The molecule has 0 aromatic carbocycles. The first kappa shape index (κ1) is 8.82. The van der Waals surface area contributed by atoms with Crippen molar-refractivity contribution in [2.24, 2.45) is 0 Å². The Bertz CT molecular complexity index is 3.25. The molecule has 0 aromatic rings. The molecular weight excluding hydrogens is 231 g/mol. The summed E-state index contributed by atoms with van der Waals surface area (Å²) in [6, 6.07) is 0. The zero-order valence-electron chi connectivity index (χ0n) is 2.73. The van der Waals surface area contributed by atoms with E-state index in [0.29, 0.717) is 0 Å². The van der Waals surface area contributed by atoms with Gasteiger partial charge in [0.1, 0.15) is 0 Å². The van der Waals surface area contributed by atoms with E-state index in [2.05, 4.69) is 6.92 Å². The molecule has 1 radical (unpaired) electrons. The Hall–Kier alpha value is 0.688. The first-order valence-electron chi connectivity index (χ1n) is 1.21. The quantitative estimate of drug-likeness (QED) is 0.595. The molecule has 0 aliphatic rings. The van der Waals surface area contributed by atoms with E-state index < -0.39 is 0 Å². The molecule has 29 valence electrons.